The van der Waals surface area contributed by atoms with Gasteiger partial charge in [-0.3, -0.25) is 4.79 Å². The lowest BCUT2D eigenvalue weighted by Crippen LogP contribution is -2.45. The first-order valence-electron chi connectivity index (χ1n) is 9.28. The van der Waals surface area contributed by atoms with Crippen molar-refractivity contribution in [3.05, 3.63) is 64.7 Å². The first-order chi connectivity index (χ1) is 13.4. The van der Waals surface area contributed by atoms with Crippen molar-refractivity contribution in [3.63, 3.8) is 0 Å². The predicted molar refractivity (Wildman–Crippen MR) is 116 cm³/mol. The van der Waals surface area contributed by atoms with Gasteiger partial charge in [-0.1, -0.05) is 48.9 Å². The van der Waals surface area contributed by atoms with E-state index in [1.165, 1.54) is 17.2 Å². The molecule has 1 aliphatic carbocycles. The molecule has 0 bridgehead atoms. The van der Waals surface area contributed by atoms with Crippen LogP contribution in [0.15, 0.2) is 54.7 Å². The molecule has 1 aromatic rings. The Balaban J connectivity index is 0.000000892. The maximum Gasteiger partial charge on any atom is 0.261 e. The number of hydrogen-bond acceptors (Lipinski definition) is 2. The Hall–Kier alpha value is -1.78. The summed E-state index contributed by atoms with van der Waals surface area (Å²) in [7, 11) is 0. The molecule has 0 aromatic heterocycles. The molecule has 28 heavy (non-hydrogen) atoms. The highest BCUT2D eigenvalue weighted by atomic mass is 35.5. The molecular formula is C22H28Cl2FNO2. The number of carbonyl (C=O) groups excluding carboxylic acids is 1. The molecular weight excluding hydrogens is 400 g/mol. The van der Waals surface area contributed by atoms with Gasteiger partial charge in [0.25, 0.3) is 5.91 Å². The number of allylic oxidation sites excluding steroid dienone is 3. The molecule has 1 amide bonds. The zero-order valence-electron chi connectivity index (χ0n) is 16.4. The van der Waals surface area contributed by atoms with E-state index in [9.17, 15) is 9.18 Å². The molecule has 6 heteroatoms. The van der Waals surface area contributed by atoms with Crippen LogP contribution in [-0.2, 0) is 4.79 Å². The number of ether oxygens (including phenoxy) is 1. The minimum atomic E-state index is -0.592. The maximum absolute atomic E-state index is 12.6. The number of rotatable bonds is 7. The molecule has 1 aliphatic rings. The van der Waals surface area contributed by atoms with Gasteiger partial charge in [-0.2, -0.15) is 0 Å². The van der Waals surface area contributed by atoms with Crippen molar-refractivity contribution >= 4 is 29.1 Å². The van der Waals surface area contributed by atoms with Gasteiger partial charge < -0.3 is 10.1 Å². The Morgan fingerprint density at radius 1 is 1.43 bits per heavy atom. The average Bonchev–Trinajstić information content (AvgIpc) is 2.69. The largest absolute Gasteiger partial charge is 0.479 e. The molecule has 3 nitrogen and oxygen atoms in total. The zero-order chi connectivity index (χ0) is 21.1. The summed E-state index contributed by atoms with van der Waals surface area (Å²) < 4.78 is 16.4. The molecule has 2 rings (SSSR count). The summed E-state index contributed by atoms with van der Waals surface area (Å²) in [5.74, 6) is 0.337. The summed E-state index contributed by atoms with van der Waals surface area (Å²) in [4.78, 5) is 12.6. The minimum Gasteiger partial charge on any atom is -0.479 e. The molecule has 0 spiro atoms. The van der Waals surface area contributed by atoms with E-state index in [1.54, 1.807) is 18.2 Å². The lowest BCUT2D eigenvalue weighted by atomic mass is 9.88. The molecule has 2 unspecified atom stereocenters. The smallest absolute Gasteiger partial charge is 0.261 e. The Morgan fingerprint density at radius 3 is 2.64 bits per heavy atom. The lowest BCUT2D eigenvalue weighted by Gasteiger charge is -2.28. The second-order valence-corrected chi connectivity index (χ2v) is 7.24. The van der Waals surface area contributed by atoms with Gasteiger partial charge >= 0.3 is 0 Å². The van der Waals surface area contributed by atoms with Crippen LogP contribution in [0.1, 0.15) is 39.5 Å². The molecule has 0 heterocycles. The van der Waals surface area contributed by atoms with E-state index in [0.29, 0.717) is 22.2 Å². The van der Waals surface area contributed by atoms with Crippen LogP contribution in [0.3, 0.4) is 0 Å². The number of nitrogens with one attached hydrogen (secondary N) is 1. The fraction of sp³-hybridized carbons (Fsp3) is 0.409. The Labute approximate surface area is 177 Å². The number of halogens is 3. The normalized spacial score (nSPS) is 17.1. The van der Waals surface area contributed by atoms with Crippen molar-refractivity contribution in [1.82, 2.24) is 5.32 Å². The fourth-order valence-corrected chi connectivity index (χ4v) is 3.34. The van der Waals surface area contributed by atoms with Crippen molar-refractivity contribution < 1.29 is 13.9 Å². The molecule has 0 saturated carbocycles. The predicted octanol–water partition coefficient (Wildman–Crippen LogP) is 6.46. The summed E-state index contributed by atoms with van der Waals surface area (Å²) in [6, 6.07) is 5.02. The summed E-state index contributed by atoms with van der Waals surface area (Å²) >= 11 is 12.0. The highest BCUT2D eigenvalue weighted by Gasteiger charge is 2.25. The van der Waals surface area contributed by atoms with Crippen LogP contribution in [0.25, 0.3) is 0 Å². The van der Waals surface area contributed by atoms with Crippen LogP contribution in [0, 0.1) is 0 Å². The third kappa shape index (κ3) is 7.33. The third-order valence-corrected chi connectivity index (χ3v) is 5.00. The van der Waals surface area contributed by atoms with E-state index in [0.717, 1.165) is 19.3 Å². The van der Waals surface area contributed by atoms with Crippen molar-refractivity contribution in [3.8, 4) is 5.75 Å². The molecule has 0 radical (unpaired) electrons. The molecule has 1 N–H and O–H groups in total. The van der Waals surface area contributed by atoms with Gasteiger partial charge in [-0.25, -0.2) is 4.39 Å². The molecule has 0 saturated heterocycles. The highest BCUT2D eigenvalue weighted by molar-refractivity contribution is 6.35. The van der Waals surface area contributed by atoms with Crippen LogP contribution < -0.4 is 10.1 Å². The van der Waals surface area contributed by atoms with Crippen molar-refractivity contribution in [2.75, 3.05) is 6.67 Å². The average molecular weight is 428 g/mol. The monoisotopic (exact) mass is 427 g/mol. The van der Waals surface area contributed by atoms with E-state index in [-0.39, 0.29) is 11.9 Å². The van der Waals surface area contributed by atoms with Gasteiger partial charge in [0.05, 0.1) is 11.1 Å². The topological polar surface area (TPSA) is 38.3 Å². The van der Waals surface area contributed by atoms with Crippen molar-refractivity contribution in [1.29, 1.82) is 0 Å². The number of carbonyl (C=O) groups is 1. The number of amides is 1. The van der Waals surface area contributed by atoms with Gasteiger partial charge in [0.1, 0.15) is 12.4 Å². The first kappa shape index (κ1) is 24.3. The summed E-state index contributed by atoms with van der Waals surface area (Å²) in [5.41, 5.74) is 2.41. The fourth-order valence-electron chi connectivity index (χ4n) is 2.89. The number of benzene rings is 1. The first-order valence-corrected chi connectivity index (χ1v) is 10.0. The SMILES string of the molecule is C=CC1=C(C)C(NC(=O)C(CC)Oc2ccc(Cl)cc2Cl)CCC1.C=CCF. The molecule has 1 aromatic carbocycles. The van der Waals surface area contributed by atoms with Gasteiger partial charge in [0, 0.05) is 5.02 Å². The van der Waals surface area contributed by atoms with E-state index in [1.807, 2.05) is 13.0 Å². The summed E-state index contributed by atoms with van der Waals surface area (Å²) in [6.07, 6.45) is 6.06. The lowest BCUT2D eigenvalue weighted by molar-refractivity contribution is -0.128. The van der Waals surface area contributed by atoms with Gasteiger partial charge in [0.15, 0.2) is 6.10 Å². The second kappa shape index (κ2) is 12.6. The molecule has 154 valence electrons. The quantitative estimate of drug-likeness (QED) is 0.506. The Morgan fingerprint density at radius 2 is 2.11 bits per heavy atom. The summed E-state index contributed by atoms with van der Waals surface area (Å²) in [6.45, 7) is 10.5. The van der Waals surface area contributed by atoms with Crippen LogP contribution in [0.2, 0.25) is 10.0 Å². The highest BCUT2D eigenvalue weighted by Crippen LogP contribution is 2.29. The van der Waals surface area contributed by atoms with E-state index >= 15 is 0 Å². The molecule has 2 atom stereocenters. The van der Waals surface area contributed by atoms with Crippen molar-refractivity contribution in [2.45, 2.75) is 51.7 Å². The zero-order valence-corrected chi connectivity index (χ0v) is 18.0. The molecule has 0 fully saturated rings. The van der Waals surface area contributed by atoms with Gasteiger partial charge in [-0.15, -0.1) is 6.58 Å². The van der Waals surface area contributed by atoms with E-state index < -0.39 is 12.8 Å². The van der Waals surface area contributed by atoms with Crippen LogP contribution in [-0.4, -0.2) is 24.7 Å². The van der Waals surface area contributed by atoms with E-state index in [2.05, 4.69) is 25.4 Å². The van der Waals surface area contributed by atoms with E-state index in [4.69, 9.17) is 27.9 Å². The second-order valence-electron chi connectivity index (χ2n) is 6.40. The minimum absolute atomic E-state index is 0.0394. The standard InChI is InChI=1S/C19H23Cl2NO2.C3H5F/c1-4-13-7-6-8-16(12(13)3)22-19(23)17(5-2)24-18-10-9-14(20)11-15(18)21;1-2-3-4/h4,9-11,16-17H,1,5-8H2,2-3H3,(H,22,23);2H,1,3H2. The molecule has 0 aliphatic heterocycles. The van der Waals surface area contributed by atoms with Crippen molar-refractivity contribution in [2.24, 2.45) is 0 Å². The van der Waals surface area contributed by atoms with Crippen LogP contribution in [0.5, 0.6) is 5.75 Å². The Kier molecular flexibility index (Phi) is 10.9. The van der Waals surface area contributed by atoms with Crippen LogP contribution >= 0.6 is 23.2 Å². The Bertz CT molecular complexity index is 718. The van der Waals surface area contributed by atoms with Crippen LogP contribution in [0.4, 0.5) is 4.39 Å². The maximum atomic E-state index is 12.6. The van der Waals surface area contributed by atoms with Gasteiger partial charge in [0.2, 0.25) is 0 Å². The third-order valence-electron chi connectivity index (χ3n) is 4.47. The summed E-state index contributed by atoms with van der Waals surface area (Å²) in [5, 5.41) is 4.03. The number of alkyl halides is 1. The van der Waals surface area contributed by atoms with Gasteiger partial charge in [-0.05, 0) is 62.0 Å². The number of hydrogen-bond donors (Lipinski definition) is 1.